The van der Waals surface area contributed by atoms with Gasteiger partial charge in [-0.2, -0.15) is 11.8 Å². The van der Waals surface area contributed by atoms with Gasteiger partial charge in [0, 0.05) is 9.82 Å². The normalized spacial score (nSPS) is 24.5. The third-order valence-corrected chi connectivity index (χ3v) is 1.09. The van der Waals surface area contributed by atoms with Gasteiger partial charge in [-0.1, -0.05) is 6.92 Å². The molecule has 0 spiro atoms. The molecule has 0 fully saturated rings. The van der Waals surface area contributed by atoms with Crippen LogP contribution in [0.15, 0.2) is 0 Å². The van der Waals surface area contributed by atoms with Crippen LogP contribution in [0.25, 0.3) is 0 Å². The summed E-state index contributed by atoms with van der Waals surface area (Å²) in [6, 6.07) is 0. The van der Waals surface area contributed by atoms with E-state index < -0.39 is 17.6 Å². The van der Waals surface area contributed by atoms with E-state index in [0.717, 1.165) is 18.7 Å². The highest BCUT2D eigenvalue weighted by Gasteiger charge is 2.07. The van der Waals surface area contributed by atoms with Crippen molar-refractivity contribution >= 4 is 17.7 Å². The van der Waals surface area contributed by atoms with Gasteiger partial charge in [0.25, 0.3) is 0 Å². The number of carbonyl (C=O) groups is 1. The van der Waals surface area contributed by atoms with Crippen LogP contribution in [-0.2, 0) is 4.79 Å². The Morgan fingerprint density at radius 3 is 2.88 bits per heavy atom. The smallest absolute Gasteiger partial charge is 0.307 e. The van der Waals surface area contributed by atoms with Gasteiger partial charge in [-0.3, -0.25) is 4.79 Å². The lowest BCUT2D eigenvalue weighted by Gasteiger charge is -1.99. The molecule has 0 amide bonds. The molecule has 0 aliphatic heterocycles. The van der Waals surface area contributed by atoms with Crippen molar-refractivity contribution in [1.82, 2.24) is 0 Å². The summed E-state index contributed by atoms with van der Waals surface area (Å²) in [6.07, 6.45) is 1.44. The molecule has 0 saturated carbocycles. The van der Waals surface area contributed by atoms with Crippen LogP contribution >= 0.6 is 11.8 Å². The lowest BCUT2D eigenvalue weighted by Crippen LogP contribution is -2.11. The number of hydrogen-bond acceptors (Lipinski definition) is 2. The maximum Gasteiger partial charge on any atom is 0.307 e. The molecule has 0 aromatic heterocycles. The summed E-state index contributed by atoms with van der Waals surface area (Å²) < 4.78 is 21.5. The van der Waals surface area contributed by atoms with Gasteiger partial charge < -0.3 is 5.11 Å². The molecule has 0 bridgehead atoms. The Morgan fingerprint density at radius 2 is 2.75 bits per heavy atom. The summed E-state index contributed by atoms with van der Waals surface area (Å²) in [4.78, 5) is 10.4. The first kappa shape index (κ1) is 3.77. The molecule has 0 heterocycles. The van der Waals surface area contributed by atoms with Crippen molar-refractivity contribution in [3.05, 3.63) is 0 Å². The van der Waals surface area contributed by atoms with Crippen LogP contribution in [0.1, 0.15) is 11.0 Å². The third kappa shape index (κ3) is 2.91. The maximum atomic E-state index is 10.4. The van der Waals surface area contributed by atoms with Crippen LogP contribution in [0, 0.1) is 5.89 Å². The highest BCUT2D eigenvalue weighted by Crippen LogP contribution is 2.02. The molecule has 0 radical (unpaired) electrons. The minimum atomic E-state index is -2.09. The Bertz CT molecular complexity index is 169. The zero-order valence-electron chi connectivity index (χ0n) is 7.76. The van der Waals surface area contributed by atoms with Gasteiger partial charge in [-0.15, -0.1) is 0 Å². The summed E-state index contributed by atoms with van der Waals surface area (Å²) >= 11 is 0.727. The van der Waals surface area contributed by atoms with Gasteiger partial charge in [-0.25, -0.2) is 0 Å². The molecule has 3 heteroatoms. The summed E-state index contributed by atoms with van der Waals surface area (Å²) in [5, 5.41) is 8.47. The van der Waals surface area contributed by atoms with Crippen molar-refractivity contribution in [3.8, 4) is 0 Å². The van der Waals surface area contributed by atoms with Gasteiger partial charge in [-0.05, 0) is 6.26 Å². The largest absolute Gasteiger partial charge is 0.481 e. The number of carboxylic acid groups (broad SMARTS) is 1. The van der Waals surface area contributed by atoms with Crippen LogP contribution in [0.5, 0.6) is 0 Å². The Balaban J connectivity index is 4.67. The van der Waals surface area contributed by atoms with E-state index in [4.69, 9.17) is 9.22 Å². The lowest BCUT2D eigenvalue weighted by molar-refractivity contribution is -0.140. The number of hydrogen-bond donors (Lipinski definition) is 1. The first-order valence-electron chi connectivity index (χ1n) is 3.54. The molecule has 2 nitrogen and oxygen atoms in total. The fourth-order valence-electron chi connectivity index (χ4n) is 0.197. The van der Waals surface area contributed by atoms with Crippen molar-refractivity contribution in [1.29, 1.82) is 0 Å². The second-order valence-corrected chi connectivity index (χ2v) is 1.85. The minimum Gasteiger partial charge on any atom is -0.481 e. The van der Waals surface area contributed by atoms with E-state index in [9.17, 15) is 4.79 Å². The Morgan fingerprint density at radius 1 is 2.25 bits per heavy atom. The highest BCUT2D eigenvalue weighted by atomic mass is 32.2. The monoisotopic (exact) mass is 137 g/mol. The fourth-order valence-corrected chi connectivity index (χ4v) is 0.590. The van der Waals surface area contributed by atoms with Crippen molar-refractivity contribution in [3.63, 3.8) is 0 Å². The first-order valence-corrected chi connectivity index (χ1v) is 3.26. The van der Waals surface area contributed by atoms with E-state index in [1.165, 1.54) is 6.26 Å². The van der Waals surface area contributed by atoms with Crippen molar-refractivity contribution in [2.75, 3.05) is 12.0 Å². The quantitative estimate of drug-likeness (QED) is 0.632. The summed E-state index contributed by atoms with van der Waals surface area (Å²) in [5.41, 5.74) is -2.06. The van der Waals surface area contributed by atoms with E-state index >= 15 is 0 Å². The highest BCUT2D eigenvalue weighted by molar-refractivity contribution is 7.98. The van der Waals surface area contributed by atoms with E-state index in [0.29, 0.717) is 0 Å². The first-order chi connectivity index (χ1) is 4.75. The molecule has 0 aromatic rings. The van der Waals surface area contributed by atoms with Crippen LogP contribution in [0.2, 0.25) is 0 Å². The Kier molecular flexibility index (Phi) is 1.78. The van der Waals surface area contributed by atoms with Crippen molar-refractivity contribution in [2.45, 2.75) is 6.92 Å². The molecule has 0 aliphatic rings. The lowest BCUT2D eigenvalue weighted by atomic mass is 10.2. The molecule has 48 valence electrons. The zero-order chi connectivity index (χ0) is 9.28. The van der Waals surface area contributed by atoms with E-state index in [1.807, 2.05) is 0 Å². The molecule has 1 unspecified atom stereocenters. The van der Waals surface area contributed by atoms with Gasteiger partial charge in [0.15, 0.2) is 0 Å². The van der Waals surface area contributed by atoms with E-state index in [-0.39, 0.29) is 0 Å². The van der Waals surface area contributed by atoms with Crippen LogP contribution in [0.4, 0.5) is 0 Å². The second-order valence-electron chi connectivity index (χ2n) is 1.24. The van der Waals surface area contributed by atoms with Gasteiger partial charge in [0.1, 0.15) is 0 Å². The minimum absolute atomic E-state index is 0.727. The number of thioether (sulfide) groups is 1. The molecule has 0 aromatic carbocycles. The Labute approximate surface area is 57.5 Å². The van der Waals surface area contributed by atoms with Crippen LogP contribution in [0.3, 0.4) is 0 Å². The SMILES string of the molecule is [2H]C([2H])(SC)C([2H])(C)C(=O)O. The van der Waals surface area contributed by atoms with Gasteiger partial charge in [0.2, 0.25) is 0 Å². The second kappa shape index (κ2) is 3.78. The molecule has 1 atom stereocenters. The number of aliphatic carboxylic acids is 1. The van der Waals surface area contributed by atoms with E-state index in [2.05, 4.69) is 0 Å². The van der Waals surface area contributed by atoms with Crippen molar-refractivity contribution < 1.29 is 14.0 Å². The molecular formula is C5H10O2S. The maximum absolute atomic E-state index is 10.4. The predicted molar refractivity (Wildman–Crippen MR) is 35.2 cm³/mol. The number of rotatable bonds is 3. The topological polar surface area (TPSA) is 37.3 Å². The summed E-state index contributed by atoms with van der Waals surface area (Å²) in [7, 11) is 0. The zero-order valence-corrected chi connectivity index (χ0v) is 5.58. The molecular weight excluding hydrogens is 124 g/mol. The van der Waals surface area contributed by atoms with Crippen LogP contribution in [-0.4, -0.2) is 23.0 Å². The van der Waals surface area contributed by atoms with Crippen LogP contribution < -0.4 is 0 Å². The van der Waals surface area contributed by atoms with Gasteiger partial charge in [0.05, 0.1) is 5.89 Å². The average molecular weight is 137 g/mol. The molecule has 1 N–H and O–H groups in total. The summed E-state index contributed by atoms with van der Waals surface area (Å²) in [6.45, 7) is 1.05. The van der Waals surface area contributed by atoms with Crippen molar-refractivity contribution in [2.24, 2.45) is 5.89 Å². The number of carboxylic acids is 1. The third-order valence-electron chi connectivity index (χ3n) is 0.576. The molecule has 8 heavy (non-hydrogen) atoms. The van der Waals surface area contributed by atoms with E-state index in [1.54, 1.807) is 0 Å². The molecule has 0 rings (SSSR count). The Hall–Kier alpha value is -0.180. The average Bonchev–Trinajstić information content (AvgIpc) is 1.87. The van der Waals surface area contributed by atoms with Gasteiger partial charge >= 0.3 is 5.97 Å². The summed E-state index contributed by atoms with van der Waals surface area (Å²) in [5.74, 6) is -3.54. The standard InChI is InChI=1S/C5H10O2S/c1-4(3-8-2)5(6)7/h4H,3H2,1-2H3,(H,6,7)/i3D2,4D. The molecule has 0 aliphatic carbocycles. The predicted octanol–water partition coefficient (Wildman–Crippen LogP) is 1.07. The fraction of sp³-hybridized carbons (Fsp3) is 0.800. The molecule has 0 saturated heterocycles.